The number of methoxy groups -OCH3 is 1. The van der Waals surface area contributed by atoms with Gasteiger partial charge in [0.05, 0.1) is 12.1 Å². The summed E-state index contributed by atoms with van der Waals surface area (Å²) in [5.74, 6) is 1.35. The lowest BCUT2D eigenvalue weighted by atomic mass is 9.98. The van der Waals surface area contributed by atoms with Gasteiger partial charge in [-0.25, -0.2) is 9.67 Å². The van der Waals surface area contributed by atoms with Gasteiger partial charge in [0.25, 0.3) is 0 Å². The van der Waals surface area contributed by atoms with E-state index in [4.69, 9.17) is 4.74 Å². The molecule has 1 rings (SSSR count). The molecule has 0 fully saturated rings. The number of nitrogens with zero attached hydrogens (tertiary/aromatic N) is 3. The van der Waals surface area contributed by atoms with Crippen molar-refractivity contribution in [1.82, 2.24) is 20.1 Å². The van der Waals surface area contributed by atoms with Gasteiger partial charge in [0, 0.05) is 13.2 Å². The zero-order valence-corrected chi connectivity index (χ0v) is 11.6. The summed E-state index contributed by atoms with van der Waals surface area (Å²) >= 11 is 0. The minimum atomic E-state index is 0.0601. The first-order valence-electron chi connectivity index (χ1n) is 6.12. The number of hydrogen-bond donors (Lipinski definition) is 1. The highest BCUT2D eigenvalue weighted by atomic mass is 16.5. The molecule has 0 aliphatic carbocycles. The number of hydrogen-bond acceptors (Lipinski definition) is 4. The summed E-state index contributed by atoms with van der Waals surface area (Å²) in [7, 11) is 3.67. The zero-order chi connectivity index (χ0) is 13.0. The lowest BCUT2D eigenvalue weighted by Gasteiger charge is -2.28. The molecular formula is C12H24N4O. The van der Waals surface area contributed by atoms with Crippen molar-refractivity contribution in [3.8, 4) is 0 Å². The Morgan fingerprint density at radius 2 is 1.94 bits per heavy atom. The van der Waals surface area contributed by atoms with E-state index in [0.717, 1.165) is 5.82 Å². The van der Waals surface area contributed by atoms with E-state index in [1.165, 1.54) is 0 Å². The Labute approximate surface area is 104 Å². The van der Waals surface area contributed by atoms with Crippen molar-refractivity contribution in [3.63, 3.8) is 0 Å². The van der Waals surface area contributed by atoms with Crippen LogP contribution in [0.3, 0.4) is 0 Å². The lowest BCUT2D eigenvalue weighted by Crippen LogP contribution is -2.37. The third kappa shape index (κ3) is 3.04. The summed E-state index contributed by atoms with van der Waals surface area (Å²) in [4.78, 5) is 4.37. The van der Waals surface area contributed by atoms with E-state index in [0.29, 0.717) is 12.0 Å². The fraction of sp³-hybridized carbons (Fsp3) is 0.833. The van der Waals surface area contributed by atoms with Crippen molar-refractivity contribution >= 4 is 0 Å². The molecule has 1 N–H and O–H groups in total. The molecule has 2 unspecified atom stereocenters. The molecule has 0 aliphatic heterocycles. The lowest BCUT2D eigenvalue weighted by molar-refractivity contribution is 0.0308. The standard InChI is InChI=1S/C12H24N4O/c1-8(2)11(17-6)10(13-5)12-14-7-15-16(12)9(3)4/h7-11,13H,1-6H3. The minimum absolute atomic E-state index is 0.0601. The third-order valence-electron chi connectivity index (χ3n) is 2.94. The normalized spacial score (nSPS) is 15.5. The fourth-order valence-corrected chi connectivity index (χ4v) is 2.11. The Balaban J connectivity index is 3.04. The van der Waals surface area contributed by atoms with Crippen LogP contribution in [0.15, 0.2) is 6.33 Å². The summed E-state index contributed by atoms with van der Waals surface area (Å²) < 4.78 is 7.52. The zero-order valence-electron chi connectivity index (χ0n) is 11.6. The van der Waals surface area contributed by atoms with Gasteiger partial charge >= 0.3 is 0 Å². The van der Waals surface area contributed by atoms with Crippen LogP contribution in [-0.4, -0.2) is 35.0 Å². The smallest absolute Gasteiger partial charge is 0.146 e. The van der Waals surface area contributed by atoms with E-state index in [9.17, 15) is 0 Å². The van der Waals surface area contributed by atoms with Crippen molar-refractivity contribution in [2.24, 2.45) is 5.92 Å². The summed E-state index contributed by atoms with van der Waals surface area (Å²) in [5, 5.41) is 7.55. The maximum atomic E-state index is 5.58. The Morgan fingerprint density at radius 1 is 1.29 bits per heavy atom. The first kappa shape index (κ1) is 14.1. The predicted molar refractivity (Wildman–Crippen MR) is 67.8 cm³/mol. The predicted octanol–water partition coefficient (Wildman–Crippen LogP) is 1.79. The van der Waals surface area contributed by atoms with E-state index in [1.54, 1.807) is 13.4 Å². The maximum Gasteiger partial charge on any atom is 0.146 e. The molecular weight excluding hydrogens is 216 g/mol. The average molecular weight is 240 g/mol. The van der Waals surface area contributed by atoms with Crippen molar-refractivity contribution < 1.29 is 4.74 Å². The SMILES string of the molecule is CNC(c1ncnn1C(C)C)C(OC)C(C)C. The van der Waals surface area contributed by atoms with E-state index in [1.807, 2.05) is 11.7 Å². The van der Waals surface area contributed by atoms with E-state index in [2.05, 4.69) is 43.1 Å². The van der Waals surface area contributed by atoms with E-state index < -0.39 is 0 Å². The van der Waals surface area contributed by atoms with Gasteiger partial charge < -0.3 is 10.1 Å². The minimum Gasteiger partial charge on any atom is -0.379 e. The van der Waals surface area contributed by atoms with Gasteiger partial charge in [0.15, 0.2) is 0 Å². The molecule has 1 aromatic heterocycles. The second-order valence-electron chi connectivity index (χ2n) is 4.87. The van der Waals surface area contributed by atoms with Crippen LogP contribution >= 0.6 is 0 Å². The van der Waals surface area contributed by atoms with E-state index in [-0.39, 0.29) is 12.1 Å². The van der Waals surface area contributed by atoms with Gasteiger partial charge in [-0.1, -0.05) is 13.8 Å². The number of rotatable bonds is 6. The van der Waals surface area contributed by atoms with Crippen LogP contribution in [-0.2, 0) is 4.74 Å². The summed E-state index contributed by atoms with van der Waals surface area (Å²) in [6, 6.07) is 0.359. The Hall–Kier alpha value is -0.940. The number of aromatic nitrogens is 3. The van der Waals surface area contributed by atoms with Crippen LogP contribution in [0.4, 0.5) is 0 Å². The number of nitrogens with one attached hydrogen (secondary N) is 1. The van der Waals surface area contributed by atoms with Crippen molar-refractivity contribution in [1.29, 1.82) is 0 Å². The molecule has 0 bridgehead atoms. The first-order valence-corrected chi connectivity index (χ1v) is 6.12. The molecule has 98 valence electrons. The van der Waals surface area contributed by atoms with Crippen LogP contribution in [0.25, 0.3) is 0 Å². The van der Waals surface area contributed by atoms with Gasteiger partial charge in [0.2, 0.25) is 0 Å². The van der Waals surface area contributed by atoms with Crippen LogP contribution < -0.4 is 5.32 Å². The molecule has 2 atom stereocenters. The van der Waals surface area contributed by atoms with Gasteiger partial charge in [-0.05, 0) is 26.8 Å². The molecule has 0 aromatic carbocycles. The third-order valence-corrected chi connectivity index (χ3v) is 2.94. The van der Waals surface area contributed by atoms with Gasteiger partial charge in [-0.2, -0.15) is 5.10 Å². The molecule has 5 nitrogen and oxygen atoms in total. The van der Waals surface area contributed by atoms with Crippen LogP contribution in [0.5, 0.6) is 0 Å². The largest absolute Gasteiger partial charge is 0.379 e. The molecule has 0 radical (unpaired) electrons. The Kier molecular flexibility index (Phi) is 5.08. The highest BCUT2D eigenvalue weighted by Gasteiger charge is 2.29. The molecule has 17 heavy (non-hydrogen) atoms. The summed E-state index contributed by atoms with van der Waals surface area (Å²) in [5.41, 5.74) is 0. The van der Waals surface area contributed by atoms with Gasteiger partial charge in [-0.3, -0.25) is 0 Å². The Morgan fingerprint density at radius 3 is 2.35 bits per heavy atom. The molecule has 5 heteroatoms. The monoisotopic (exact) mass is 240 g/mol. The van der Waals surface area contributed by atoms with Crippen LogP contribution in [0, 0.1) is 5.92 Å². The first-order chi connectivity index (χ1) is 8.02. The highest BCUT2D eigenvalue weighted by molar-refractivity contribution is 5.00. The van der Waals surface area contributed by atoms with Crippen molar-refractivity contribution in [3.05, 3.63) is 12.2 Å². The number of ether oxygens (including phenoxy) is 1. The quantitative estimate of drug-likeness (QED) is 0.823. The molecule has 0 amide bonds. The molecule has 0 saturated heterocycles. The average Bonchev–Trinajstić information content (AvgIpc) is 2.73. The van der Waals surface area contributed by atoms with E-state index >= 15 is 0 Å². The molecule has 1 aromatic rings. The number of likely N-dealkylation sites (N-methyl/N-ethyl adjacent to an activating group) is 1. The van der Waals surface area contributed by atoms with Crippen molar-refractivity contribution in [2.75, 3.05) is 14.2 Å². The topological polar surface area (TPSA) is 52.0 Å². The van der Waals surface area contributed by atoms with Gasteiger partial charge in [-0.15, -0.1) is 0 Å². The summed E-state index contributed by atoms with van der Waals surface area (Å²) in [6.45, 7) is 8.49. The Bertz CT molecular complexity index is 335. The van der Waals surface area contributed by atoms with Crippen LogP contribution in [0.1, 0.15) is 45.6 Å². The fourth-order valence-electron chi connectivity index (χ4n) is 2.11. The van der Waals surface area contributed by atoms with Crippen LogP contribution in [0.2, 0.25) is 0 Å². The molecule has 0 saturated carbocycles. The molecule has 0 aliphatic rings. The summed E-state index contributed by atoms with van der Waals surface area (Å²) in [6.07, 6.45) is 1.69. The molecule has 1 heterocycles. The second kappa shape index (κ2) is 6.12. The maximum absolute atomic E-state index is 5.58. The second-order valence-corrected chi connectivity index (χ2v) is 4.87. The highest BCUT2D eigenvalue weighted by Crippen LogP contribution is 2.23. The van der Waals surface area contributed by atoms with Gasteiger partial charge in [0.1, 0.15) is 12.2 Å². The van der Waals surface area contributed by atoms with Crippen molar-refractivity contribution in [2.45, 2.75) is 45.9 Å². The molecule has 0 spiro atoms.